The van der Waals surface area contributed by atoms with E-state index < -0.39 is 6.10 Å². The first-order valence-electron chi connectivity index (χ1n) is 6.00. The molecule has 0 saturated heterocycles. The Morgan fingerprint density at radius 2 is 2.06 bits per heavy atom. The molecule has 0 aliphatic heterocycles. The van der Waals surface area contributed by atoms with Crippen molar-refractivity contribution >= 4 is 22.4 Å². The topological polar surface area (TPSA) is 97.2 Å². The number of rotatable bonds is 5. The number of nitrogen functional groups attached to an aromatic ring is 1. The minimum Gasteiger partial charge on any atom is -0.397 e. The summed E-state index contributed by atoms with van der Waals surface area (Å²) in [6.45, 7) is 4.61. The van der Waals surface area contributed by atoms with E-state index in [4.69, 9.17) is 5.73 Å². The molecule has 0 aliphatic carbocycles. The van der Waals surface area contributed by atoms with E-state index in [9.17, 15) is 5.11 Å². The smallest absolute Gasteiger partial charge is 0.160 e. The summed E-state index contributed by atoms with van der Waals surface area (Å²) in [7, 11) is 0. The van der Waals surface area contributed by atoms with Crippen molar-refractivity contribution in [1.29, 1.82) is 0 Å². The van der Waals surface area contributed by atoms with Crippen molar-refractivity contribution in [2.24, 2.45) is 5.92 Å². The van der Waals surface area contributed by atoms with Gasteiger partial charge in [-0.25, -0.2) is 4.63 Å². The average Bonchev–Trinajstić information content (AvgIpc) is 2.77. The van der Waals surface area contributed by atoms with E-state index in [2.05, 4.69) is 34.1 Å². The van der Waals surface area contributed by atoms with Crippen molar-refractivity contribution < 1.29 is 9.74 Å². The molecule has 1 atom stereocenters. The summed E-state index contributed by atoms with van der Waals surface area (Å²) >= 11 is 0. The molecule has 0 bridgehead atoms. The van der Waals surface area contributed by atoms with Crippen LogP contribution in [-0.4, -0.2) is 28.1 Å². The van der Waals surface area contributed by atoms with Crippen LogP contribution in [0, 0.1) is 5.92 Å². The quantitative estimate of drug-likeness (QED) is 0.698. The molecular weight excluding hydrogens is 232 g/mol. The maximum absolute atomic E-state index is 9.81. The normalized spacial score (nSPS) is 13.1. The van der Waals surface area contributed by atoms with Gasteiger partial charge in [-0.3, -0.25) is 0 Å². The first-order chi connectivity index (χ1) is 8.58. The fourth-order valence-corrected chi connectivity index (χ4v) is 1.88. The zero-order valence-corrected chi connectivity index (χ0v) is 10.6. The zero-order chi connectivity index (χ0) is 13.1. The Labute approximate surface area is 105 Å². The predicted molar refractivity (Wildman–Crippen MR) is 70.2 cm³/mol. The summed E-state index contributed by atoms with van der Waals surface area (Å²) < 4.78 is 4.68. The number of aromatic nitrogens is 2. The Morgan fingerprint density at radius 1 is 1.33 bits per heavy atom. The molecule has 18 heavy (non-hydrogen) atoms. The molecule has 6 nitrogen and oxygen atoms in total. The lowest BCUT2D eigenvalue weighted by Gasteiger charge is -2.14. The van der Waals surface area contributed by atoms with Gasteiger partial charge < -0.3 is 16.2 Å². The standard InChI is InChI=1S/C12H18N4O2/c1-7(2)5-8(17)6-14-10-4-3-9(13)11-12(10)16-18-15-11/h3-4,7-8,14,17H,5-6,13H2,1-2H3. The molecule has 98 valence electrons. The van der Waals surface area contributed by atoms with Gasteiger partial charge in [0, 0.05) is 6.54 Å². The molecule has 2 rings (SSSR count). The third-order valence-electron chi connectivity index (χ3n) is 2.72. The van der Waals surface area contributed by atoms with Crippen LogP contribution in [0.3, 0.4) is 0 Å². The number of fused-ring (bicyclic) bond motifs is 1. The van der Waals surface area contributed by atoms with E-state index in [-0.39, 0.29) is 0 Å². The lowest BCUT2D eigenvalue weighted by molar-refractivity contribution is 0.161. The van der Waals surface area contributed by atoms with Crippen LogP contribution in [-0.2, 0) is 0 Å². The highest BCUT2D eigenvalue weighted by atomic mass is 16.6. The van der Waals surface area contributed by atoms with E-state index in [0.29, 0.717) is 29.2 Å². The Kier molecular flexibility index (Phi) is 3.66. The number of aliphatic hydroxyl groups excluding tert-OH is 1. The minimum absolute atomic E-state index is 0.391. The molecule has 0 spiro atoms. The van der Waals surface area contributed by atoms with E-state index >= 15 is 0 Å². The van der Waals surface area contributed by atoms with E-state index in [1.165, 1.54) is 0 Å². The van der Waals surface area contributed by atoms with Crippen LogP contribution in [0.5, 0.6) is 0 Å². The summed E-state index contributed by atoms with van der Waals surface area (Å²) in [4.78, 5) is 0. The van der Waals surface area contributed by atoms with Gasteiger partial charge in [0.2, 0.25) is 0 Å². The van der Waals surface area contributed by atoms with Gasteiger partial charge in [0.25, 0.3) is 0 Å². The Morgan fingerprint density at radius 3 is 2.78 bits per heavy atom. The minimum atomic E-state index is -0.391. The Hall–Kier alpha value is -1.82. The first kappa shape index (κ1) is 12.6. The second-order valence-corrected chi connectivity index (χ2v) is 4.83. The lowest BCUT2D eigenvalue weighted by atomic mass is 10.1. The van der Waals surface area contributed by atoms with Gasteiger partial charge in [0.15, 0.2) is 11.0 Å². The second kappa shape index (κ2) is 5.22. The molecule has 1 aromatic heterocycles. The van der Waals surface area contributed by atoms with Gasteiger partial charge in [0.1, 0.15) is 0 Å². The van der Waals surface area contributed by atoms with Crippen molar-refractivity contribution in [3.63, 3.8) is 0 Å². The third kappa shape index (κ3) is 2.70. The van der Waals surface area contributed by atoms with Crippen molar-refractivity contribution in [3.05, 3.63) is 12.1 Å². The Balaban J connectivity index is 2.08. The van der Waals surface area contributed by atoms with Crippen LogP contribution in [0.2, 0.25) is 0 Å². The molecule has 1 heterocycles. The van der Waals surface area contributed by atoms with Crippen LogP contribution >= 0.6 is 0 Å². The van der Waals surface area contributed by atoms with Gasteiger partial charge in [-0.2, -0.15) is 0 Å². The molecule has 1 unspecified atom stereocenters. The summed E-state index contributed by atoms with van der Waals surface area (Å²) in [6, 6.07) is 3.55. The molecule has 0 amide bonds. The van der Waals surface area contributed by atoms with E-state index in [0.717, 1.165) is 12.1 Å². The van der Waals surface area contributed by atoms with Crippen molar-refractivity contribution in [2.75, 3.05) is 17.6 Å². The molecular formula is C12H18N4O2. The number of nitrogens with two attached hydrogens (primary N) is 1. The maximum atomic E-state index is 9.81. The molecule has 0 aliphatic rings. The summed E-state index contributed by atoms with van der Waals surface area (Å²) in [5.41, 5.74) is 8.18. The summed E-state index contributed by atoms with van der Waals surface area (Å²) in [5, 5.41) is 20.5. The lowest BCUT2D eigenvalue weighted by Crippen LogP contribution is -2.21. The van der Waals surface area contributed by atoms with Crippen molar-refractivity contribution in [1.82, 2.24) is 10.3 Å². The molecule has 0 radical (unpaired) electrons. The van der Waals surface area contributed by atoms with Crippen LogP contribution in [0.4, 0.5) is 11.4 Å². The predicted octanol–water partition coefficient (Wildman–Crippen LogP) is 1.62. The number of nitrogens with zero attached hydrogens (tertiary/aromatic N) is 2. The Bertz CT molecular complexity index is 524. The highest BCUT2D eigenvalue weighted by molar-refractivity contribution is 5.94. The van der Waals surface area contributed by atoms with Crippen molar-refractivity contribution in [3.8, 4) is 0 Å². The van der Waals surface area contributed by atoms with Gasteiger partial charge in [-0.1, -0.05) is 13.8 Å². The fraction of sp³-hybridized carbons (Fsp3) is 0.500. The third-order valence-corrected chi connectivity index (χ3v) is 2.72. The van der Waals surface area contributed by atoms with Crippen molar-refractivity contribution in [2.45, 2.75) is 26.4 Å². The highest BCUT2D eigenvalue weighted by Gasteiger charge is 2.12. The van der Waals surface area contributed by atoms with Crippen LogP contribution < -0.4 is 11.1 Å². The highest BCUT2D eigenvalue weighted by Crippen LogP contribution is 2.25. The van der Waals surface area contributed by atoms with Crippen LogP contribution in [0.25, 0.3) is 11.0 Å². The van der Waals surface area contributed by atoms with Crippen LogP contribution in [0.1, 0.15) is 20.3 Å². The summed E-state index contributed by atoms with van der Waals surface area (Å²) in [6.07, 6.45) is 0.361. The monoisotopic (exact) mass is 250 g/mol. The number of nitrogens with one attached hydrogen (secondary N) is 1. The van der Waals surface area contributed by atoms with E-state index in [1.807, 2.05) is 6.07 Å². The molecule has 1 aromatic carbocycles. The second-order valence-electron chi connectivity index (χ2n) is 4.83. The molecule has 6 heteroatoms. The average molecular weight is 250 g/mol. The number of aliphatic hydroxyl groups is 1. The van der Waals surface area contributed by atoms with E-state index in [1.54, 1.807) is 6.07 Å². The molecule has 0 fully saturated rings. The largest absolute Gasteiger partial charge is 0.397 e. The zero-order valence-electron chi connectivity index (χ0n) is 10.6. The van der Waals surface area contributed by atoms with Gasteiger partial charge in [0.05, 0.1) is 17.5 Å². The number of hydrogen-bond donors (Lipinski definition) is 3. The molecule has 4 N–H and O–H groups in total. The fourth-order valence-electron chi connectivity index (χ4n) is 1.88. The molecule has 2 aromatic rings. The molecule has 0 saturated carbocycles. The van der Waals surface area contributed by atoms with Gasteiger partial charge in [-0.15, -0.1) is 0 Å². The number of anilines is 2. The van der Waals surface area contributed by atoms with Gasteiger partial charge in [-0.05, 0) is 34.8 Å². The first-order valence-corrected chi connectivity index (χ1v) is 6.00. The number of benzene rings is 1. The SMILES string of the molecule is CC(C)CC(O)CNc1ccc(N)c2nonc12. The number of hydrogen-bond acceptors (Lipinski definition) is 6. The van der Waals surface area contributed by atoms with Gasteiger partial charge >= 0.3 is 0 Å². The maximum Gasteiger partial charge on any atom is 0.160 e. The summed E-state index contributed by atoms with van der Waals surface area (Å²) in [5.74, 6) is 0.460. The van der Waals surface area contributed by atoms with Crippen LogP contribution in [0.15, 0.2) is 16.8 Å².